The summed E-state index contributed by atoms with van der Waals surface area (Å²) in [4.78, 5) is 0. The van der Waals surface area contributed by atoms with Crippen molar-refractivity contribution in [1.29, 1.82) is 0 Å². The molecule has 0 saturated heterocycles. The van der Waals surface area contributed by atoms with Crippen LogP contribution in [0.3, 0.4) is 0 Å². The molecule has 1 saturated carbocycles. The van der Waals surface area contributed by atoms with E-state index in [-0.39, 0.29) is 0 Å². The standard InChI is InChI=1S/C12H26N2/c1-10(2)7-11(8-13)9-14-12-5-3-4-6-12/h10-12,14H,3-9,13H2,1-2H3. The monoisotopic (exact) mass is 198 g/mol. The van der Waals surface area contributed by atoms with Gasteiger partial charge in [-0.05, 0) is 44.2 Å². The van der Waals surface area contributed by atoms with E-state index in [1.165, 1.54) is 32.1 Å². The van der Waals surface area contributed by atoms with Gasteiger partial charge in [-0.15, -0.1) is 0 Å². The molecular weight excluding hydrogens is 172 g/mol. The summed E-state index contributed by atoms with van der Waals surface area (Å²) < 4.78 is 0. The van der Waals surface area contributed by atoms with Crippen LogP contribution in [0, 0.1) is 11.8 Å². The smallest absolute Gasteiger partial charge is 0.00671 e. The Kier molecular flexibility index (Phi) is 5.49. The first-order valence-electron chi connectivity index (χ1n) is 6.15. The van der Waals surface area contributed by atoms with Crippen molar-refractivity contribution in [2.75, 3.05) is 13.1 Å². The van der Waals surface area contributed by atoms with Crippen LogP contribution in [0.4, 0.5) is 0 Å². The van der Waals surface area contributed by atoms with Gasteiger partial charge >= 0.3 is 0 Å². The number of hydrogen-bond acceptors (Lipinski definition) is 2. The van der Waals surface area contributed by atoms with Gasteiger partial charge in [-0.25, -0.2) is 0 Å². The summed E-state index contributed by atoms with van der Waals surface area (Å²) in [5.41, 5.74) is 5.77. The molecule has 1 fully saturated rings. The van der Waals surface area contributed by atoms with Gasteiger partial charge < -0.3 is 11.1 Å². The fourth-order valence-electron chi connectivity index (χ4n) is 2.39. The second kappa shape index (κ2) is 6.41. The highest BCUT2D eigenvalue weighted by molar-refractivity contribution is 4.75. The molecule has 0 radical (unpaired) electrons. The Morgan fingerprint density at radius 3 is 2.43 bits per heavy atom. The molecule has 14 heavy (non-hydrogen) atoms. The molecule has 1 rings (SSSR count). The van der Waals surface area contributed by atoms with Crippen molar-refractivity contribution < 1.29 is 0 Å². The van der Waals surface area contributed by atoms with Gasteiger partial charge in [0.25, 0.3) is 0 Å². The normalized spacial score (nSPS) is 20.6. The highest BCUT2D eigenvalue weighted by Crippen LogP contribution is 2.18. The van der Waals surface area contributed by atoms with Crippen LogP contribution < -0.4 is 11.1 Å². The van der Waals surface area contributed by atoms with Crippen molar-refractivity contribution in [3.8, 4) is 0 Å². The van der Waals surface area contributed by atoms with Crippen molar-refractivity contribution in [3.05, 3.63) is 0 Å². The summed E-state index contributed by atoms with van der Waals surface area (Å²) in [5, 5.41) is 3.66. The lowest BCUT2D eigenvalue weighted by atomic mass is 9.97. The molecule has 84 valence electrons. The number of nitrogens with one attached hydrogen (secondary N) is 1. The van der Waals surface area contributed by atoms with Crippen LogP contribution in [0.5, 0.6) is 0 Å². The van der Waals surface area contributed by atoms with Gasteiger partial charge in [-0.1, -0.05) is 26.7 Å². The Morgan fingerprint density at radius 1 is 1.29 bits per heavy atom. The number of rotatable bonds is 6. The first-order valence-corrected chi connectivity index (χ1v) is 6.15. The van der Waals surface area contributed by atoms with E-state index in [0.29, 0.717) is 5.92 Å². The van der Waals surface area contributed by atoms with Crippen molar-refractivity contribution in [1.82, 2.24) is 5.32 Å². The third-order valence-electron chi connectivity index (χ3n) is 3.19. The zero-order chi connectivity index (χ0) is 10.4. The largest absolute Gasteiger partial charge is 0.330 e. The molecular formula is C12H26N2. The molecule has 3 N–H and O–H groups in total. The van der Waals surface area contributed by atoms with Crippen molar-refractivity contribution in [3.63, 3.8) is 0 Å². The molecule has 0 aromatic rings. The van der Waals surface area contributed by atoms with Crippen molar-refractivity contribution >= 4 is 0 Å². The third-order valence-corrected chi connectivity index (χ3v) is 3.19. The zero-order valence-corrected chi connectivity index (χ0v) is 9.76. The van der Waals surface area contributed by atoms with Crippen LogP contribution >= 0.6 is 0 Å². The Bertz CT molecular complexity index is 139. The van der Waals surface area contributed by atoms with E-state index in [4.69, 9.17) is 5.73 Å². The van der Waals surface area contributed by atoms with Crippen LogP contribution in [0.15, 0.2) is 0 Å². The van der Waals surface area contributed by atoms with E-state index in [1.54, 1.807) is 0 Å². The van der Waals surface area contributed by atoms with Gasteiger partial charge in [-0.2, -0.15) is 0 Å². The van der Waals surface area contributed by atoms with E-state index in [9.17, 15) is 0 Å². The molecule has 1 aliphatic rings. The third kappa shape index (κ3) is 4.43. The molecule has 2 heteroatoms. The Balaban J connectivity index is 2.12. The fraction of sp³-hybridized carbons (Fsp3) is 1.00. The average molecular weight is 198 g/mol. The maximum absolute atomic E-state index is 5.77. The Labute approximate surface area is 88.6 Å². The summed E-state index contributed by atoms with van der Waals surface area (Å²) in [6.45, 7) is 6.51. The second-order valence-corrected chi connectivity index (χ2v) is 5.12. The molecule has 1 atom stereocenters. The first-order chi connectivity index (χ1) is 6.72. The van der Waals surface area contributed by atoms with Crippen LogP contribution in [-0.4, -0.2) is 19.1 Å². The summed E-state index contributed by atoms with van der Waals surface area (Å²) >= 11 is 0. The topological polar surface area (TPSA) is 38.0 Å². The van der Waals surface area contributed by atoms with Gasteiger partial charge in [0.15, 0.2) is 0 Å². The van der Waals surface area contributed by atoms with Gasteiger partial charge in [0.05, 0.1) is 0 Å². The molecule has 0 aromatic carbocycles. The Morgan fingerprint density at radius 2 is 1.93 bits per heavy atom. The SMILES string of the molecule is CC(C)CC(CN)CNC1CCCC1. The minimum Gasteiger partial charge on any atom is -0.330 e. The molecule has 1 aliphatic carbocycles. The molecule has 0 amide bonds. The summed E-state index contributed by atoms with van der Waals surface area (Å²) in [7, 11) is 0. The summed E-state index contributed by atoms with van der Waals surface area (Å²) in [6, 6.07) is 0.788. The lowest BCUT2D eigenvalue weighted by molar-refractivity contribution is 0.371. The number of nitrogens with two attached hydrogens (primary N) is 1. The number of hydrogen-bond donors (Lipinski definition) is 2. The van der Waals surface area contributed by atoms with Crippen LogP contribution in [-0.2, 0) is 0 Å². The van der Waals surface area contributed by atoms with Gasteiger partial charge in [0.2, 0.25) is 0 Å². The molecule has 0 aromatic heterocycles. The maximum Gasteiger partial charge on any atom is 0.00671 e. The summed E-state index contributed by atoms with van der Waals surface area (Å²) in [6.07, 6.45) is 6.83. The van der Waals surface area contributed by atoms with Crippen LogP contribution in [0.1, 0.15) is 46.0 Å². The highest BCUT2D eigenvalue weighted by Gasteiger charge is 2.16. The van der Waals surface area contributed by atoms with E-state index in [2.05, 4.69) is 19.2 Å². The quantitative estimate of drug-likeness (QED) is 0.686. The van der Waals surface area contributed by atoms with Gasteiger partial charge in [0, 0.05) is 6.04 Å². The highest BCUT2D eigenvalue weighted by atomic mass is 14.9. The van der Waals surface area contributed by atoms with Gasteiger partial charge in [-0.3, -0.25) is 0 Å². The minimum absolute atomic E-state index is 0.676. The zero-order valence-electron chi connectivity index (χ0n) is 9.76. The molecule has 0 aliphatic heterocycles. The van der Waals surface area contributed by atoms with Crippen molar-refractivity contribution in [2.45, 2.75) is 52.0 Å². The average Bonchev–Trinajstić information content (AvgIpc) is 2.64. The predicted octanol–water partition coefficient (Wildman–Crippen LogP) is 2.14. The first kappa shape index (κ1) is 12.0. The van der Waals surface area contributed by atoms with Gasteiger partial charge in [0.1, 0.15) is 0 Å². The lowest BCUT2D eigenvalue weighted by Crippen LogP contribution is -2.34. The lowest BCUT2D eigenvalue weighted by Gasteiger charge is -2.20. The molecule has 0 heterocycles. The van der Waals surface area contributed by atoms with E-state index < -0.39 is 0 Å². The molecule has 0 bridgehead atoms. The molecule has 1 unspecified atom stereocenters. The maximum atomic E-state index is 5.77. The van der Waals surface area contributed by atoms with E-state index in [1.807, 2.05) is 0 Å². The van der Waals surface area contributed by atoms with Crippen LogP contribution in [0.25, 0.3) is 0 Å². The Hall–Kier alpha value is -0.0800. The van der Waals surface area contributed by atoms with Crippen molar-refractivity contribution in [2.24, 2.45) is 17.6 Å². The minimum atomic E-state index is 0.676. The van der Waals surface area contributed by atoms with E-state index >= 15 is 0 Å². The second-order valence-electron chi connectivity index (χ2n) is 5.12. The molecule has 0 spiro atoms. The fourth-order valence-corrected chi connectivity index (χ4v) is 2.39. The molecule has 2 nitrogen and oxygen atoms in total. The predicted molar refractivity (Wildman–Crippen MR) is 62.3 cm³/mol. The van der Waals surface area contributed by atoms with E-state index in [0.717, 1.165) is 25.0 Å². The van der Waals surface area contributed by atoms with Crippen LogP contribution in [0.2, 0.25) is 0 Å². The summed E-state index contributed by atoms with van der Waals surface area (Å²) in [5.74, 6) is 1.45.